The molecule has 182 valence electrons. The summed E-state index contributed by atoms with van der Waals surface area (Å²) in [4.78, 5) is 33.6. The molecule has 4 aromatic rings. The number of benzene rings is 3. The van der Waals surface area contributed by atoms with Crippen molar-refractivity contribution in [1.29, 1.82) is 0 Å². The van der Waals surface area contributed by atoms with Crippen LogP contribution in [0.2, 0.25) is 5.02 Å². The molecule has 0 spiro atoms. The molecule has 0 aliphatic rings. The molecular formula is C26H20ClFN4O3S. The number of nitrogens with zero attached hydrogens (tertiary/aromatic N) is 2. The molecule has 2 N–H and O–H groups in total. The Morgan fingerprint density at radius 2 is 1.58 bits per heavy atom. The van der Waals surface area contributed by atoms with E-state index in [1.54, 1.807) is 73.8 Å². The third-order valence-corrected chi connectivity index (χ3v) is 6.19. The zero-order valence-electron chi connectivity index (χ0n) is 19.0. The first-order valence-corrected chi connectivity index (χ1v) is 12.0. The molecule has 2 amide bonds. The third kappa shape index (κ3) is 6.38. The number of anilines is 2. The predicted molar refractivity (Wildman–Crippen MR) is 138 cm³/mol. The first-order valence-electron chi connectivity index (χ1n) is 10.7. The van der Waals surface area contributed by atoms with Crippen molar-refractivity contribution in [1.82, 2.24) is 9.97 Å². The van der Waals surface area contributed by atoms with Gasteiger partial charge in [-0.3, -0.25) is 9.59 Å². The van der Waals surface area contributed by atoms with E-state index in [-0.39, 0.29) is 22.4 Å². The van der Waals surface area contributed by atoms with Gasteiger partial charge in [-0.1, -0.05) is 41.6 Å². The Kier molecular flexibility index (Phi) is 8.14. The Hall–Kier alpha value is -3.95. The number of carbonyl (C=O) groups excluding carboxylic acids is 2. The summed E-state index contributed by atoms with van der Waals surface area (Å²) in [5.41, 5.74) is 2.03. The highest BCUT2D eigenvalue weighted by atomic mass is 35.5. The van der Waals surface area contributed by atoms with Crippen LogP contribution in [-0.2, 0) is 5.75 Å². The lowest BCUT2D eigenvalue weighted by Crippen LogP contribution is -2.15. The minimum Gasteiger partial charge on any atom is -0.497 e. The van der Waals surface area contributed by atoms with Crippen LogP contribution in [0.1, 0.15) is 26.4 Å². The Balaban J connectivity index is 1.38. The number of carbonyl (C=O) groups is 2. The maximum atomic E-state index is 13.9. The number of ether oxygens (including phenoxy) is 1. The second-order valence-corrected chi connectivity index (χ2v) is 8.79. The Morgan fingerprint density at radius 1 is 0.944 bits per heavy atom. The number of hydrogen-bond acceptors (Lipinski definition) is 6. The van der Waals surface area contributed by atoms with Crippen molar-refractivity contribution in [3.05, 3.63) is 107 Å². The van der Waals surface area contributed by atoms with E-state index in [0.29, 0.717) is 39.2 Å². The van der Waals surface area contributed by atoms with E-state index >= 15 is 0 Å². The maximum Gasteiger partial charge on any atom is 0.275 e. The molecule has 0 saturated carbocycles. The van der Waals surface area contributed by atoms with E-state index in [9.17, 15) is 14.0 Å². The molecule has 0 unspecified atom stereocenters. The molecule has 0 bridgehead atoms. The molecule has 0 fully saturated rings. The summed E-state index contributed by atoms with van der Waals surface area (Å²) < 4.78 is 18.9. The van der Waals surface area contributed by atoms with E-state index in [1.165, 1.54) is 24.0 Å². The third-order valence-electron chi connectivity index (χ3n) is 5.00. The topological polar surface area (TPSA) is 93.2 Å². The molecule has 0 saturated heterocycles. The van der Waals surface area contributed by atoms with Gasteiger partial charge in [0.1, 0.15) is 11.6 Å². The Morgan fingerprint density at radius 3 is 2.22 bits per heavy atom. The number of amides is 2. The molecule has 1 aromatic heterocycles. The van der Waals surface area contributed by atoms with Crippen molar-refractivity contribution in [2.24, 2.45) is 0 Å². The lowest BCUT2D eigenvalue weighted by molar-refractivity contribution is 0.101. The second kappa shape index (κ2) is 11.7. The fourth-order valence-corrected chi connectivity index (χ4v) is 4.09. The molecule has 0 radical (unpaired) electrons. The van der Waals surface area contributed by atoms with E-state index in [0.717, 1.165) is 0 Å². The highest BCUT2D eigenvalue weighted by molar-refractivity contribution is 7.98. The molecule has 10 heteroatoms. The standard InChI is InChI=1S/C26H20ClFN4O3S/c1-35-20-12-6-16(7-13-20)24(33)30-18-8-10-19(11-9-18)31-25(34)23-21(27)14-29-26(32-23)36-15-17-4-2-3-5-22(17)28/h2-14H,15H2,1H3,(H,30,33)(H,31,34). The predicted octanol–water partition coefficient (Wildman–Crippen LogP) is 6.07. The van der Waals surface area contributed by atoms with Crippen molar-refractivity contribution in [2.45, 2.75) is 10.9 Å². The molecule has 1 heterocycles. The number of rotatable bonds is 8. The summed E-state index contributed by atoms with van der Waals surface area (Å²) in [7, 11) is 1.56. The van der Waals surface area contributed by atoms with Crippen LogP contribution in [0.5, 0.6) is 5.75 Å². The normalized spacial score (nSPS) is 10.5. The van der Waals surface area contributed by atoms with Gasteiger partial charge in [0.2, 0.25) is 0 Å². The average Bonchev–Trinajstić information content (AvgIpc) is 2.90. The Labute approximate surface area is 216 Å². The fraction of sp³-hybridized carbons (Fsp3) is 0.0769. The van der Waals surface area contributed by atoms with Gasteiger partial charge in [0.15, 0.2) is 10.9 Å². The van der Waals surface area contributed by atoms with Gasteiger partial charge in [-0.2, -0.15) is 0 Å². The van der Waals surface area contributed by atoms with Gasteiger partial charge in [0.05, 0.1) is 18.3 Å². The largest absolute Gasteiger partial charge is 0.497 e. The van der Waals surface area contributed by atoms with Crippen LogP contribution in [0.4, 0.5) is 15.8 Å². The van der Waals surface area contributed by atoms with Gasteiger partial charge in [0.25, 0.3) is 11.8 Å². The number of hydrogen-bond donors (Lipinski definition) is 2. The zero-order valence-corrected chi connectivity index (χ0v) is 20.6. The first-order chi connectivity index (χ1) is 17.4. The highest BCUT2D eigenvalue weighted by Gasteiger charge is 2.16. The molecule has 0 atom stereocenters. The van der Waals surface area contributed by atoms with Crippen LogP contribution in [0.25, 0.3) is 0 Å². The van der Waals surface area contributed by atoms with E-state index in [2.05, 4.69) is 20.6 Å². The number of aromatic nitrogens is 2. The van der Waals surface area contributed by atoms with E-state index in [4.69, 9.17) is 16.3 Å². The summed E-state index contributed by atoms with van der Waals surface area (Å²) in [5, 5.41) is 5.90. The number of methoxy groups -OCH3 is 1. The van der Waals surface area contributed by atoms with Gasteiger partial charge >= 0.3 is 0 Å². The lowest BCUT2D eigenvalue weighted by atomic mass is 10.2. The van der Waals surface area contributed by atoms with Crippen molar-refractivity contribution < 1.29 is 18.7 Å². The van der Waals surface area contributed by atoms with Crippen LogP contribution in [0.15, 0.2) is 84.1 Å². The van der Waals surface area contributed by atoms with Crippen molar-refractivity contribution in [3.8, 4) is 5.75 Å². The van der Waals surface area contributed by atoms with Gasteiger partial charge in [-0.05, 0) is 60.2 Å². The minimum atomic E-state index is -0.523. The quantitative estimate of drug-likeness (QED) is 0.215. The van der Waals surface area contributed by atoms with Crippen LogP contribution >= 0.6 is 23.4 Å². The summed E-state index contributed by atoms with van der Waals surface area (Å²) >= 11 is 7.34. The van der Waals surface area contributed by atoms with Crippen LogP contribution in [0, 0.1) is 5.82 Å². The van der Waals surface area contributed by atoms with Crippen molar-refractivity contribution >= 4 is 46.6 Å². The fourth-order valence-electron chi connectivity index (χ4n) is 3.11. The molecular weight excluding hydrogens is 503 g/mol. The SMILES string of the molecule is COc1ccc(C(=O)Nc2ccc(NC(=O)c3nc(SCc4ccccc4F)ncc3Cl)cc2)cc1. The van der Waals surface area contributed by atoms with Crippen LogP contribution in [-0.4, -0.2) is 28.9 Å². The number of halogens is 2. The summed E-state index contributed by atoms with van der Waals surface area (Å²) in [6.45, 7) is 0. The zero-order chi connectivity index (χ0) is 25.5. The molecule has 0 aliphatic heterocycles. The molecule has 4 rings (SSSR count). The molecule has 36 heavy (non-hydrogen) atoms. The van der Waals surface area contributed by atoms with E-state index in [1.807, 2.05) is 0 Å². The average molecular weight is 523 g/mol. The maximum absolute atomic E-state index is 13.9. The van der Waals surface area contributed by atoms with Gasteiger partial charge < -0.3 is 15.4 Å². The minimum absolute atomic E-state index is 0.000384. The molecule has 7 nitrogen and oxygen atoms in total. The summed E-state index contributed by atoms with van der Waals surface area (Å²) in [5.74, 6) is -0.154. The van der Waals surface area contributed by atoms with Crippen molar-refractivity contribution in [3.63, 3.8) is 0 Å². The van der Waals surface area contributed by atoms with Gasteiger partial charge in [-0.15, -0.1) is 0 Å². The van der Waals surface area contributed by atoms with E-state index < -0.39 is 5.91 Å². The Bertz CT molecular complexity index is 1390. The number of thioether (sulfide) groups is 1. The molecule has 3 aromatic carbocycles. The van der Waals surface area contributed by atoms with Crippen molar-refractivity contribution in [2.75, 3.05) is 17.7 Å². The summed E-state index contributed by atoms with van der Waals surface area (Å²) in [6, 6.07) is 19.8. The monoisotopic (exact) mass is 522 g/mol. The summed E-state index contributed by atoms with van der Waals surface area (Å²) in [6.07, 6.45) is 1.34. The van der Waals surface area contributed by atoms with Crippen LogP contribution in [0.3, 0.4) is 0 Å². The second-order valence-electron chi connectivity index (χ2n) is 7.44. The lowest BCUT2D eigenvalue weighted by Gasteiger charge is -2.09. The van der Waals surface area contributed by atoms with Gasteiger partial charge in [-0.25, -0.2) is 14.4 Å². The molecule has 0 aliphatic carbocycles. The van der Waals surface area contributed by atoms with Gasteiger partial charge in [0, 0.05) is 22.7 Å². The highest BCUT2D eigenvalue weighted by Crippen LogP contribution is 2.24. The van der Waals surface area contributed by atoms with Crippen LogP contribution < -0.4 is 15.4 Å². The first kappa shape index (κ1) is 25.2. The number of nitrogens with one attached hydrogen (secondary N) is 2. The smallest absolute Gasteiger partial charge is 0.275 e.